The maximum Gasteiger partial charge on any atom is 0.305 e. The molecule has 4 heteroatoms. The van der Waals surface area contributed by atoms with Crippen LogP contribution in [0.2, 0.25) is 0 Å². The molecule has 90 valence electrons. The average molecular weight is 241 g/mol. The van der Waals surface area contributed by atoms with Crippen molar-refractivity contribution in [3.05, 3.63) is 22.4 Å². The summed E-state index contributed by atoms with van der Waals surface area (Å²) in [5, 5.41) is 14.2. The molecule has 1 aromatic heterocycles. The third kappa shape index (κ3) is 4.33. The van der Waals surface area contributed by atoms with Gasteiger partial charge in [0.1, 0.15) is 0 Å². The van der Waals surface area contributed by atoms with Crippen LogP contribution in [-0.4, -0.2) is 17.6 Å². The number of rotatable bonds is 7. The standard InChI is InChI=1S/C12H19NO2S/c1-3-9(2)8-13-10(7-12(14)15)11-5-4-6-16-11/h4-6,9-10,13H,3,7-8H2,1-2H3,(H,14,15). The zero-order valence-electron chi connectivity index (χ0n) is 9.77. The second-order valence-electron chi connectivity index (χ2n) is 4.09. The SMILES string of the molecule is CCC(C)CNC(CC(=O)O)c1cccs1. The normalized spacial score (nSPS) is 14.6. The molecule has 0 amide bonds. The lowest BCUT2D eigenvalue weighted by atomic mass is 10.1. The van der Waals surface area contributed by atoms with Crippen LogP contribution in [0.25, 0.3) is 0 Å². The van der Waals surface area contributed by atoms with Gasteiger partial charge in [-0.1, -0.05) is 26.3 Å². The molecule has 3 nitrogen and oxygen atoms in total. The van der Waals surface area contributed by atoms with Gasteiger partial charge < -0.3 is 10.4 Å². The van der Waals surface area contributed by atoms with Gasteiger partial charge in [0.2, 0.25) is 0 Å². The van der Waals surface area contributed by atoms with Gasteiger partial charge in [0.25, 0.3) is 0 Å². The summed E-state index contributed by atoms with van der Waals surface area (Å²) in [6, 6.07) is 3.90. The van der Waals surface area contributed by atoms with Crippen LogP contribution in [0, 0.1) is 5.92 Å². The summed E-state index contributed by atoms with van der Waals surface area (Å²) in [6.07, 6.45) is 1.26. The number of hydrogen-bond acceptors (Lipinski definition) is 3. The molecule has 2 unspecified atom stereocenters. The highest BCUT2D eigenvalue weighted by atomic mass is 32.1. The van der Waals surface area contributed by atoms with Crippen LogP contribution in [-0.2, 0) is 4.79 Å². The van der Waals surface area contributed by atoms with Crippen molar-refractivity contribution in [1.82, 2.24) is 5.32 Å². The van der Waals surface area contributed by atoms with Crippen molar-refractivity contribution in [2.75, 3.05) is 6.54 Å². The highest BCUT2D eigenvalue weighted by molar-refractivity contribution is 7.10. The molecule has 0 radical (unpaired) electrons. The number of nitrogens with one attached hydrogen (secondary N) is 1. The molecule has 2 N–H and O–H groups in total. The van der Waals surface area contributed by atoms with E-state index in [0.717, 1.165) is 17.8 Å². The van der Waals surface area contributed by atoms with Crippen LogP contribution < -0.4 is 5.32 Å². The van der Waals surface area contributed by atoms with Crippen molar-refractivity contribution >= 4 is 17.3 Å². The first-order chi connectivity index (χ1) is 7.63. The Morgan fingerprint density at radius 2 is 2.38 bits per heavy atom. The van der Waals surface area contributed by atoms with E-state index >= 15 is 0 Å². The second kappa shape index (κ2) is 6.66. The maximum atomic E-state index is 10.8. The van der Waals surface area contributed by atoms with Gasteiger partial charge in [-0.3, -0.25) is 4.79 Å². The topological polar surface area (TPSA) is 49.3 Å². The van der Waals surface area contributed by atoms with E-state index in [1.807, 2.05) is 17.5 Å². The molecule has 0 fully saturated rings. The van der Waals surface area contributed by atoms with Gasteiger partial charge in [0.15, 0.2) is 0 Å². The number of carbonyl (C=O) groups is 1. The van der Waals surface area contributed by atoms with Crippen LogP contribution in [0.1, 0.15) is 37.6 Å². The summed E-state index contributed by atoms with van der Waals surface area (Å²) in [5.74, 6) is -0.175. The van der Waals surface area contributed by atoms with E-state index in [1.54, 1.807) is 11.3 Å². The number of hydrogen-bond donors (Lipinski definition) is 2. The highest BCUT2D eigenvalue weighted by Crippen LogP contribution is 2.22. The molecule has 0 saturated heterocycles. The van der Waals surface area contributed by atoms with Crippen molar-refractivity contribution < 1.29 is 9.90 Å². The number of thiophene rings is 1. The molecular weight excluding hydrogens is 222 g/mol. The molecule has 1 heterocycles. The first-order valence-corrected chi connectivity index (χ1v) is 6.50. The van der Waals surface area contributed by atoms with E-state index in [0.29, 0.717) is 5.92 Å². The molecule has 16 heavy (non-hydrogen) atoms. The van der Waals surface area contributed by atoms with Gasteiger partial charge in [0, 0.05) is 4.88 Å². The predicted molar refractivity (Wildman–Crippen MR) is 66.8 cm³/mol. The highest BCUT2D eigenvalue weighted by Gasteiger charge is 2.16. The maximum absolute atomic E-state index is 10.8. The molecule has 0 aromatic carbocycles. The molecule has 0 aliphatic heterocycles. The minimum atomic E-state index is -0.755. The fourth-order valence-corrected chi connectivity index (χ4v) is 2.23. The van der Waals surface area contributed by atoms with Crippen molar-refractivity contribution in [2.24, 2.45) is 5.92 Å². The van der Waals surface area contributed by atoms with E-state index in [9.17, 15) is 4.79 Å². The quantitative estimate of drug-likeness (QED) is 0.771. The molecule has 0 aliphatic rings. The Balaban J connectivity index is 2.55. The third-order valence-electron chi connectivity index (χ3n) is 2.68. The van der Waals surface area contributed by atoms with Crippen molar-refractivity contribution in [3.63, 3.8) is 0 Å². The third-order valence-corrected chi connectivity index (χ3v) is 3.66. The van der Waals surface area contributed by atoms with Crippen LogP contribution >= 0.6 is 11.3 Å². The summed E-state index contributed by atoms with van der Waals surface area (Å²) < 4.78 is 0. The van der Waals surface area contributed by atoms with Crippen molar-refractivity contribution in [3.8, 4) is 0 Å². The zero-order chi connectivity index (χ0) is 12.0. The molecule has 1 aromatic rings. The monoisotopic (exact) mass is 241 g/mol. The minimum Gasteiger partial charge on any atom is -0.481 e. The van der Waals surface area contributed by atoms with Crippen LogP contribution in [0.15, 0.2) is 17.5 Å². The largest absolute Gasteiger partial charge is 0.481 e. The molecule has 0 spiro atoms. The van der Waals surface area contributed by atoms with E-state index in [1.165, 1.54) is 0 Å². The minimum absolute atomic E-state index is 0.0495. The number of carboxylic acids is 1. The molecule has 0 aliphatic carbocycles. The Morgan fingerprint density at radius 1 is 1.62 bits per heavy atom. The summed E-state index contributed by atoms with van der Waals surface area (Å²) in [6.45, 7) is 5.18. The fourth-order valence-electron chi connectivity index (χ4n) is 1.43. The smallest absolute Gasteiger partial charge is 0.305 e. The van der Waals surface area contributed by atoms with Gasteiger partial charge in [0.05, 0.1) is 12.5 Å². The van der Waals surface area contributed by atoms with Crippen LogP contribution in [0.4, 0.5) is 0 Å². The van der Waals surface area contributed by atoms with Crippen LogP contribution in [0.3, 0.4) is 0 Å². The van der Waals surface area contributed by atoms with E-state index < -0.39 is 5.97 Å². The van der Waals surface area contributed by atoms with Gasteiger partial charge in [-0.2, -0.15) is 0 Å². The Hall–Kier alpha value is -0.870. The summed E-state index contributed by atoms with van der Waals surface area (Å²) in [4.78, 5) is 11.9. The lowest BCUT2D eigenvalue weighted by molar-refractivity contribution is -0.137. The van der Waals surface area contributed by atoms with E-state index in [-0.39, 0.29) is 12.5 Å². The van der Waals surface area contributed by atoms with Gasteiger partial charge in [-0.05, 0) is 23.9 Å². The predicted octanol–water partition coefficient (Wildman–Crippen LogP) is 2.90. The molecular formula is C12H19NO2S. The summed E-state index contributed by atoms with van der Waals surface area (Å²) in [5.41, 5.74) is 0. The van der Waals surface area contributed by atoms with Crippen molar-refractivity contribution in [1.29, 1.82) is 0 Å². The van der Waals surface area contributed by atoms with E-state index in [2.05, 4.69) is 19.2 Å². The average Bonchev–Trinajstić information content (AvgIpc) is 2.76. The Labute approximate surface area is 100 Å². The van der Waals surface area contributed by atoms with E-state index in [4.69, 9.17) is 5.11 Å². The Bertz CT molecular complexity index is 311. The van der Waals surface area contributed by atoms with Crippen LogP contribution in [0.5, 0.6) is 0 Å². The van der Waals surface area contributed by atoms with Crippen molar-refractivity contribution in [2.45, 2.75) is 32.7 Å². The lowest BCUT2D eigenvalue weighted by Gasteiger charge is -2.18. The zero-order valence-corrected chi connectivity index (χ0v) is 10.6. The number of aliphatic carboxylic acids is 1. The first-order valence-electron chi connectivity index (χ1n) is 5.62. The molecule has 1 rings (SSSR count). The molecule has 0 bridgehead atoms. The molecule has 2 atom stereocenters. The van der Waals surface area contributed by atoms with Gasteiger partial charge in [-0.15, -0.1) is 11.3 Å². The first kappa shape index (κ1) is 13.2. The lowest BCUT2D eigenvalue weighted by Crippen LogP contribution is -2.27. The summed E-state index contributed by atoms with van der Waals surface area (Å²) >= 11 is 1.61. The van der Waals surface area contributed by atoms with Gasteiger partial charge in [-0.25, -0.2) is 0 Å². The van der Waals surface area contributed by atoms with Gasteiger partial charge >= 0.3 is 5.97 Å². The second-order valence-corrected chi connectivity index (χ2v) is 5.07. The fraction of sp³-hybridized carbons (Fsp3) is 0.583. The number of carboxylic acid groups (broad SMARTS) is 1. The Morgan fingerprint density at radius 3 is 2.88 bits per heavy atom. The molecule has 0 saturated carbocycles. The summed E-state index contributed by atoms with van der Waals surface area (Å²) in [7, 11) is 0. The Kier molecular flexibility index (Phi) is 5.49.